The van der Waals surface area contributed by atoms with Crippen LogP contribution in [0.4, 0.5) is 0 Å². The zero-order chi connectivity index (χ0) is 13.0. The van der Waals surface area contributed by atoms with Crippen LogP contribution in [0.5, 0.6) is 0 Å². The smallest absolute Gasteiger partial charge is 0.176 e. The van der Waals surface area contributed by atoms with Gasteiger partial charge in [0.2, 0.25) is 0 Å². The highest BCUT2D eigenvalue weighted by Gasteiger charge is 2.14. The van der Waals surface area contributed by atoms with Crippen molar-refractivity contribution in [1.29, 1.82) is 0 Å². The van der Waals surface area contributed by atoms with E-state index in [9.17, 15) is 4.79 Å². The largest absolute Gasteiger partial charge is 0.298 e. The summed E-state index contributed by atoms with van der Waals surface area (Å²) in [5.41, 5.74) is 3.70. The van der Waals surface area contributed by atoms with E-state index in [-0.39, 0.29) is 5.78 Å². The molecule has 0 unspecified atom stereocenters. The van der Waals surface area contributed by atoms with Gasteiger partial charge in [-0.25, -0.2) is 0 Å². The molecule has 0 amide bonds. The number of benzene rings is 1. The molecule has 0 atom stereocenters. The Morgan fingerprint density at radius 2 is 2.11 bits per heavy atom. The van der Waals surface area contributed by atoms with E-state index in [2.05, 4.69) is 23.3 Å². The summed E-state index contributed by atoms with van der Waals surface area (Å²) in [4.78, 5) is 14.3. The van der Waals surface area contributed by atoms with Crippen molar-refractivity contribution in [2.24, 2.45) is 0 Å². The van der Waals surface area contributed by atoms with Crippen molar-refractivity contribution < 1.29 is 4.79 Å². The van der Waals surface area contributed by atoms with E-state index >= 15 is 0 Å². The van der Waals surface area contributed by atoms with Gasteiger partial charge in [-0.05, 0) is 49.8 Å². The van der Waals surface area contributed by atoms with Crippen molar-refractivity contribution in [2.75, 3.05) is 32.1 Å². The van der Waals surface area contributed by atoms with Crippen LogP contribution in [0.1, 0.15) is 27.9 Å². The molecular weight excluding hydrogens is 242 g/mol. The lowest BCUT2D eigenvalue weighted by Crippen LogP contribution is -2.28. The summed E-state index contributed by atoms with van der Waals surface area (Å²) in [6.45, 7) is 1.50. The molecule has 0 fully saturated rings. The summed E-state index contributed by atoms with van der Waals surface area (Å²) in [5.74, 6) is 1.32. The fourth-order valence-electron chi connectivity index (χ4n) is 2.41. The van der Waals surface area contributed by atoms with E-state index in [0.717, 1.165) is 24.3 Å². The number of hydrogen-bond acceptors (Lipinski definition) is 3. The Hall–Kier alpha value is -0.800. The Labute approximate surface area is 114 Å². The number of Topliss-reactive ketones (excluding diaryl/α,β-unsaturated/α-hetero) is 1. The number of rotatable bonds is 6. The Morgan fingerprint density at radius 1 is 1.33 bits per heavy atom. The van der Waals surface area contributed by atoms with Crippen molar-refractivity contribution >= 4 is 17.5 Å². The molecule has 1 aliphatic rings. The molecule has 2 nitrogen and oxygen atoms in total. The maximum atomic E-state index is 12.2. The lowest BCUT2D eigenvalue weighted by molar-refractivity contribution is 0.0949. The molecule has 0 radical (unpaired) electrons. The van der Waals surface area contributed by atoms with Gasteiger partial charge in [-0.15, -0.1) is 0 Å². The zero-order valence-electron chi connectivity index (χ0n) is 11.2. The summed E-state index contributed by atoms with van der Waals surface area (Å²) in [5, 5.41) is 0. The number of hydrogen-bond donors (Lipinski definition) is 0. The van der Waals surface area contributed by atoms with Crippen LogP contribution < -0.4 is 0 Å². The number of fused-ring (bicyclic) bond motifs is 1. The van der Waals surface area contributed by atoms with E-state index in [1.807, 2.05) is 24.9 Å². The highest BCUT2D eigenvalue weighted by atomic mass is 32.2. The number of carbonyl (C=O) groups is 1. The van der Waals surface area contributed by atoms with Crippen LogP contribution in [0, 0.1) is 0 Å². The fourth-order valence-corrected chi connectivity index (χ4v) is 2.90. The molecule has 0 saturated carbocycles. The first-order valence-corrected chi connectivity index (χ1v) is 7.92. The van der Waals surface area contributed by atoms with Crippen molar-refractivity contribution in [3.63, 3.8) is 0 Å². The van der Waals surface area contributed by atoms with Gasteiger partial charge in [-0.1, -0.05) is 12.1 Å². The normalized spacial score (nSPS) is 13.9. The van der Waals surface area contributed by atoms with Crippen molar-refractivity contribution in [2.45, 2.75) is 19.3 Å². The van der Waals surface area contributed by atoms with Crippen LogP contribution in [-0.2, 0) is 12.8 Å². The number of likely N-dealkylation sites (N-methyl/N-ethyl adjacent to an activating group) is 1. The molecule has 0 N–H and O–H groups in total. The van der Waals surface area contributed by atoms with Gasteiger partial charge < -0.3 is 0 Å². The second-order valence-corrected chi connectivity index (χ2v) is 5.98. The van der Waals surface area contributed by atoms with Crippen LogP contribution in [0.25, 0.3) is 0 Å². The summed E-state index contributed by atoms with van der Waals surface area (Å²) in [7, 11) is 2.02. The average molecular weight is 263 g/mol. The van der Waals surface area contributed by atoms with Crippen molar-refractivity contribution in [3.8, 4) is 0 Å². The molecule has 0 heterocycles. The van der Waals surface area contributed by atoms with Gasteiger partial charge >= 0.3 is 0 Å². The van der Waals surface area contributed by atoms with E-state index in [0.29, 0.717) is 6.54 Å². The van der Waals surface area contributed by atoms with E-state index in [1.54, 1.807) is 0 Å². The predicted molar refractivity (Wildman–Crippen MR) is 78.7 cm³/mol. The lowest BCUT2D eigenvalue weighted by atomic mass is 10.0. The van der Waals surface area contributed by atoms with Gasteiger partial charge in [0.1, 0.15) is 0 Å². The van der Waals surface area contributed by atoms with Crippen molar-refractivity contribution in [1.82, 2.24) is 4.90 Å². The number of carbonyl (C=O) groups excluding carboxylic acids is 1. The first-order chi connectivity index (χ1) is 8.70. The number of ketones is 1. The molecule has 1 aromatic carbocycles. The second kappa shape index (κ2) is 6.39. The molecule has 18 heavy (non-hydrogen) atoms. The molecule has 1 aromatic rings. The zero-order valence-corrected chi connectivity index (χ0v) is 12.1. The van der Waals surface area contributed by atoms with Gasteiger partial charge in [0, 0.05) is 17.9 Å². The molecule has 3 heteroatoms. The molecule has 0 saturated heterocycles. The minimum atomic E-state index is 0.244. The third-order valence-corrected chi connectivity index (χ3v) is 4.10. The highest BCUT2D eigenvalue weighted by Crippen LogP contribution is 2.23. The van der Waals surface area contributed by atoms with Crippen LogP contribution in [0.3, 0.4) is 0 Å². The van der Waals surface area contributed by atoms with Gasteiger partial charge in [-0.3, -0.25) is 9.69 Å². The number of nitrogens with zero attached hydrogens (tertiary/aromatic N) is 1. The number of aryl methyl sites for hydroxylation is 2. The Balaban J connectivity index is 1.96. The molecule has 0 aromatic heterocycles. The SMILES string of the molecule is CSCCN(C)CC(=O)c1ccc2c(c1)CCC2. The predicted octanol–water partition coefficient (Wildman–Crippen LogP) is 2.65. The van der Waals surface area contributed by atoms with Crippen LogP contribution >= 0.6 is 11.8 Å². The monoisotopic (exact) mass is 263 g/mol. The lowest BCUT2D eigenvalue weighted by Gasteiger charge is -2.15. The summed E-state index contributed by atoms with van der Waals surface area (Å²) in [6.07, 6.45) is 5.65. The third-order valence-electron chi connectivity index (χ3n) is 3.51. The van der Waals surface area contributed by atoms with Crippen LogP contribution in [0.2, 0.25) is 0 Å². The maximum Gasteiger partial charge on any atom is 0.176 e. The van der Waals surface area contributed by atoms with Gasteiger partial charge in [0.05, 0.1) is 6.54 Å². The van der Waals surface area contributed by atoms with Crippen LogP contribution in [0.15, 0.2) is 18.2 Å². The summed E-state index contributed by atoms with van der Waals surface area (Å²) >= 11 is 1.82. The first-order valence-electron chi connectivity index (χ1n) is 6.53. The average Bonchev–Trinajstić information content (AvgIpc) is 2.83. The molecule has 0 spiro atoms. The molecular formula is C15H21NOS. The molecule has 2 rings (SSSR count). The van der Waals surface area contributed by atoms with Gasteiger partial charge in [0.25, 0.3) is 0 Å². The van der Waals surface area contributed by atoms with Gasteiger partial charge in [-0.2, -0.15) is 11.8 Å². The first kappa shape index (κ1) is 13.6. The summed E-state index contributed by atoms with van der Waals surface area (Å²) < 4.78 is 0. The summed E-state index contributed by atoms with van der Waals surface area (Å²) in [6, 6.07) is 6.24. The Morgan fingerprint density at radius 3 is 2.89 bits per heavy atom. The Bertz CT molecular complexity index is 431. The van der Waals surface area contributed by atoms with Crippen LogP contribution in [-0.4, -0.2) is 42.8 Å². The Kier molecular flexibility index (Phi) is 4.84. The van der Waals surface area contributed by atoms with Gasteiger partial charge in [0.15, 0.2) is 5.78 Å². The standard InChI is InChI=1S/C15H21NOS/c1-16(8-9-18-2)11-15(17)14-7-6-12-4-3-5-13(12)10-14/h6-7,10H,3-5,8-9,11H2,1-2H3. The topological polar surface area (TPSA) is 20.3 Å². The minimum Gasteiger partial charge on any atom is -0.298 e. The number of thioether (sulfide) groups is 1. The van der Waals surface area contributed by atoms with Crippen molar-refractivity contribution in [3.05, 3.63) is 34.9 Å². The maximum absolute atomic E-state index is 12.2. The highest BCUT2D eigenvalue weighted by molar-refractivity contribution is 7.98. The molecule has 98 valence electrons. The molecule has 0 aliphatic heterocycles. The fraction of sp³-hybridized carbons (Fsp3) is 0.533. The quantitative estimate of drug-likeness (QED) is 0.736. The molecule has 0 bridgehead atoms. The second-order valence-electron chi connectivity index (χ2n) is 4.99. The molecule has 1 aliphatic carbocycles. The van der Waals surface area contributed by atoms with E-state index < -0.39 is 0 Å². The van der Waals surface area contributed by atoms with E-state index in [1.165, 1.54) is 24.0 Å². The third kappa shape index (κ3) is 3.36. The minimum absolute atomic E-state index is 0.244. The van der Waals surface area contributed by atoms with E-state index in [4.69, 9.17) is 0 Å².